The molecule has 0 saturated carbocycles. The number of amides is 1. The second-order valence-electron chi connectivity index (χ2n) is 7.08. The van der Waals surface area contributed by atoms with Gasteiger partial charge in [0.2, 0.25) is 5.91 Å². The van der Waals surface area contributed by atoms with E-state index in [4.69, 9.17) is 4.74 Å². The number of fused-ring (bicyclic) bond motifs is 1. The standard InChI is InChI=1S/C19H21NO4/c1-12(7-8-13-5-3-2-4-6-13)20-11-19-10-9-14(24-19)15(18(22)23)16(19)17(20)21/h2-6,9-10,12,14-16H,7-8,11H2,1H3,(H,22,23). The molecule has 3 heterocycles. The number of ether oxygens (including phenoxy) is 1. The first-order valence-corrected chi connectivity index (χ1v) is 8.46. The summed E-state index contributed by atoms with van der Waals surface area (Å²) in [5, 5.41) is 9.49. The first-order chi connectivity index (χ1) is 11.5. The maximum absolute atomic E-state index is 12.9. The lowest BCUT2D eigenvalue weighted by Crippen LogP contribution is -2.40. The fraction of sp³-hybridized carbons (Fsp3) is 0.474. The molecule has 1 spiro atoms. The van der Waals surface area contributed by atoms with Gasteiger partial charge in [0.05, 0.1) is 18.6 Å². The minimum absolute atomic E-state index is 0.0585. The Labute approximate surface area is 140 Å². The molecular weight excluding hydrogens is 306 g/mol. The number of nitrogens with zero attached hydrogens (tertiary/aromatic N) is 1. The van der Waals surface area contributed by atoms with E-state index in [-0.39, 0.29) is 11.9 Å². The summed E-state index contributed by atoms with van der Waals surface area (Å²) in [5.74, 6) is -2.35. The Morgan fingerprint density at radius 2 is 2.17 bits per heavy atom. The smallest absolute Gasteiger partial charge is 0.310 e. The fourth-order valence-electron chi connectivity index (χ4n) is 4.36. The lowest BCUT2D eigenvalue weighted by atomic mass is 9.77. The molecule has 24 heavy (non-hydrogen) atoms. The van der Waals surface area contributed by atoms with Crippen LogP contribution in [0.5, 0.6) is 0 Å². The number of carboxylic acids is 1. The van der Waals surface area contributed by atoms with Gasteiger partial charge < -0.3 is 14.7 Å². The summed E-state index contributed by atoms with van der Waals surface area (Å²) in [5.41, 5.74) is 0.515. The quantitative estimate of drug-likeness (QED) is 0.839. The third-order valence-electron chi connectivity index (χ3n) is 5.64. The van der Waals surface area contributed by atoms with E-state index in [1.54, 1.807) is 6.08 Å². The van der Waals surface area contributed by atoms with Crippen molar-refractivity contribution >= 4 is 11.9 Å². The number of hydrogen-bond donors (Lipinski definition) is 1. The topological polar surface area (TPSA) is 66.8 Å². The van der Waals surface area contributed by atoms with Crippen molar-refractivity contribution in [3.63, 3.8) is 0 Å². The highest BCUT2D eigenvalue weighted by molar-refractivity contribution is 5.90. The van der Waals surface area contributed by atoms with Gasteiger partial charge >= 0.3 is 5.97 Å². The number of carbonyl (C=O) groups is 2. The van der Waals surface area contributed by atoms with Crippen LogP contribution in [0.25, 0.3) is 0 Å². The van der Waals surface area contributed by atoms with Crippen LogP contribution in [0.15, 0.2) is 42.5 Å². The molecule has 4 rings (SSSR count). The second kappa shape index (κ2) is 5.45. The third kappa shape index (κ3) is 2.18. The highest BCUT2D eigenvalue weighted by atomic mass is 16.5. The number of carbonyl (C=O) groups excluding carboxylic acids is 1. The molecular formula is C19H21NO4. The van der Waals surface area contributed by atoms with Gasteiger partial charge in [0, 0.05) is 6.04 Å². The minimum atomic E-state index is -0.941. The Hall–Kier alpha value is -2.14. The zero-order chi connectivity index (χ0) is 16.9. The average Bonchev–Trinajstić information content (AvgIpc) is 3.22. The molecule has 1 amide bonds. The van der Waals surface area contributed by atoms with Gasteiger partial charge in [0.15, 0.2) is 0 Å². The Bertz CT molecular complexity index is 701. The first-order valence-electron chi connectivity index (χ1n) is 8.46. The van der Waals surface area contributed by atoms with Crippen molar-refractivity contribution in [1.29, 1.82) is 0 Å². The van der Waals surface area contributed by atoms with E-state index in [0.717, 1.165) is 12.8 Å². The van der Waals surface area contributed by atoms with Crippen LogP contribution in [0.4, 0.5) is 0 Å². The number of rotatable bonds is 5. The molecule has 3 aliphatic rings. The van der Waals surface area contributed by atoms with Crippen LogP contribution >= 0.6 is 0 Å². The van der Waals surface area contributed by atoms with E-state index in [1.807, 2.05) is 36.1 Å². The van der Waals surface area contributed by atoms with Gasteiger partial charge in [-0.1, -0.05) is 42.5 Å². The van der Waals surface area contributed by atoms with Crippen molar-refractivity contribution in [1.82, 2.24) is 4.90 Å². The van der Waals surface area contributed by atoms with Crippen molar-refractivity contribution in [3.05, 3.63) is 48.0 Å². The van der Waals surface area contributed by atoms with Gasteiger partial charge in [-0.2, -0.15) is 0 Å². The van der Waals surface area contributed by atoms with Crippen LogP contribution < -0.4 is 0 Å². The molecule has 5 unspecified atom stereocenters. The highest BCUT2D eigenvalue weighted by Gasteiger charge is 2.67. The van der Waals surface area contributed by atoms with E-state index in [1.165, 1.54) is 5.56 Å². The Balaban J connectivity index is 1.49. The highest BCUT2D eigenvalue weighted by Crippen LogP contribution is 2.52. The molecule has 3 aliphatic heterocycles. The van der Waals surface area contributed by atoms with E-state index in [9.17, 15) is 14.7 Å². The molecule has 0 radical (unpaired) electrons. The summed E-state index contributed by atoms with van der Waals surface area (Å²) in [6.45, 7) is 2.49. The summed E-state index contributed by atoms with van der Waals surface area (Å²) in [6, 6.07) is 10.2. The van der Waals surface area contributed by atoms with E-state index in [0.29, 0.717) is 6.54 Å². The number of likely N-dealkylation sites (tertiary alicyclic amines) is 1. The normalized spacial score (nSPS) is 34.6. The zero-order valence-electron chi connectivity index (χ0n) is 13.6. The van der Waals surface area contributed by atoms with Gasteiger partial charge in [-0.3, -0.25) is 9.59 Å². The molecule has 2 bridgehead atoms. The van der Waals surface area contributed by atoms with Crippen LogP contribution in [0.2, 0.25) is 0 Å². The molecule has 126 valence electrons. The van der Waals surface area contributed by atoms with Crippen molar-refractivity contribution in [2.75, 3.05) is 6.54 Å². The van der Waals surface area contributed by atoms with Crippen LogP contribution in [0.1, 0.15) is 18.9 Å². The SMILES string of the molecule is CC(CCc1ccccc1)N1CC23C=CC(O2)C(C(=O)O)C3C1=O. The molecule has 1 aromatic rings. The molecule has 1 N–H and O–H groups in total. The van der Waals surface area contributed by atoms with Crippen LogP contribution in [0, 0.1) is 11.8 Å². The van der Waals surface area contributed by atoms with Crippen LogP contribution in [0.3, 0.4) is 0 Å². The first kappa shape index (κ1) is 15.4. The molecule has 5 atom stereocenters. The maximum atomic E-state index is 12.9. The lowest BCUT2D eigenvalue weighted by molar-refractivity contribution is -0.148. The van der Waals surface area contributed by atoms with E-state index < -0.39 is 29.5 Å². The van der Waals surface area contributed by atoms with Gasteiger partial charge in [-0.25, -0.2) is 0 Å². The predicted molar refractivity (Wildman–Crippen MR) is 87.3 cm³/mol. The number of benzene rings is 1. The largest absolute Gasteiger partial charge is 0.481 e. The van der Waals surface area contributed by atoms with Gasteiger partial charge in [0.1, 0.15) is 11.5 Å². The third-order valence-corrected chi connectivity index (χ3v) is 5.64. The van der Waals surface area contributed by atoms with Crippen LogP contribution in [-0.2, 0) is 20.7 Å². The second-order valence-corrected chi connectivity index (χ2v) is 7.08. The molecule has 2 fully saturated rings. The Kier molecular flexibility index (Phi) is 3.49. The zero-order valence-corrected chi connectivity index (χ0v) is 13.6. The summed E-state index contributed by atoms with van der Waals surface area (Å²) in [6.07, 6.45) is 5.00. The van der Waals surface area contributed by atoms with E-state index >= 15 is 0 Å². The average molecular weight is 327 g/mol. The molecule has 1 aromatic carbocycles. The van der Waals surface area contributed by atoms with Gasteiger partial charge in [0.25, 0.3) is 0 Å². The van der Waals surface area contributed by atoms with E-state index in [2.05, 4.69) is 12.1 Å². The van der Waals surface area contributed by atoms with Gasteiger partial charge in [-0.15, -0.1) is 0 Å². The fourth-order valence-corrected chi connectivity index (χ4v) is 4.36. The van der Waals surface area contributed by atoms with Gasteiger partial charge in [-0.05, 0) is 25.3 Å². The molecule has 0 aliphatic carbocycles. The summed E-state index contributed by atoms with van der Waals surface area (Å²) >= 11 is 0. The number of aliphatic carboxylic acids is 1. The van der Waals surface area contributed by atoms with Crippen molar-refractivity contribution < 1.29 is 19.4 Å². The summed E-state index contributed by atoms with van der Waals surface area (Å²) in [7, 11) is 0. The molecule has 2 saturated heterocycles. The lowest BCUT2D eigenvalue weighted by Gasteiger charge is -2.27. The number of carboxylic acid groups (broad SMARTS) is 1. The van der Waals surface area contributed by atoms with Crippen molar-refractivity contribution in [3.8, 4) is 0 Å². The minimum Gasteiger partial charge on any atom is -0.481 e. The van der Waals surface area contributed by atoms with Crippen molar-refractivity contribution in [2.45, 2.75) is 37.5 Å². The molecule has 5 heteroatoms. The van der Waals surface area contributed by atoms with Crippen LogP contribution in [-0.4, -0.2) is 46.2 Å². The molecule has 5 nitrogen and oxygen atoms in total. The summed E-state index contributed by atoms with van der Waals surface area (Å²) in [4.78, 5) is 26.3. The predicted octanol–water partition coefficient (Wildman–Crippen LogP) is 1.87. The number of hydrogen-bond acceptors (Lipinski definition) is 3. The summed E-state index contributed by atoms with van der Waals surface area (Å²) < 4.78 is 5.92. The van der Waals surface area contributed by atoms with Crippen molar-refractivity contribution in [2.24, 2.45) is 11.8 Å². The Morgan fingerprint density at radius 3 is 2.88 bits per heavy atom. The monoisotopic (exact) mass is 327 g/mol. The maximum Gasteiger partial charge on any atom is 0.310 e. The number of aryl methyl sites for hydroxylation is 1. The molecule has 0 aromatic heterocycles. The Morgan fingerprint density at radius 1 is 1.42 bits per heavy atom.